The van der Waals surface area contributed by atoms with Crippen LogP contribution in [0.15, 0.2) is 72.9 Å². The largest absolute Gasteiger partial charge is 0.416 e. The van der Waals surface area contributed by atoms with Crippen LogP contribution in [0, 0.1) is 13.8 Å². The van der Waals surface area contributed by atoms with Gasteiger partial charge in [-0.05, 0) is 49.2 Å². The first kappa shape index (κ1) is 24.9. The molecule has 2 aromatic carbocycles. The predicted molar refractivity (Wildman–Crippen MR) is 138 cm³/mol. The first-order valence-electron chi connectivity index (χ1n) is 12.4. The first-order chi connectivity index (χ1) is 17.7. The van der Waals surface area contributed by atoms with E-state index in [1.54, 1.807) is 12.3 Å². The van der Waals surface area contributed by atoms with Gasteiger partial charge in [0.05, 0.1) is 11.3 Å². The summed E-state index contributed by atoms with van der Waals surface area (Å²) >= 11 is 0. The van der Waals surface area contributed by atoms with Crippen LogP contribution in [0.2, 0.25) is 0 Å². The highest BCUT2D eigenvalue weighted by Gasteiger charge is 2.33. The number of benzene rings is 2. The maximum absolute atomic E-state index is 13.6. The molecule has 0 bridgehead atoms. The van der Waals surface area contributed by atoms with Gasteiger partial charge in [-0.1, -0.05) is 42.5 Å². The van der Waals surface area contributed by atoms with E-state index in [0.29, 0.717) is 43.1 Å². The number of hydrogen-bond donors (Lipinski definition) is 0. The molecule has 8 heteroatoms. The Hall–Kier alpha value is -3.81. The topological polar surface area (TPSA) is 40.8 Å². The number of fused-ring (bicyclic) bond motifs is 1. The quantitative estimate of drug-likeness (QED) is 0.342. The molecule has 1 saturated heterocycles. The van der Waals surface area contributed by atoms with Gasteiger partial charge < -0.3 is 14.2 Å². The molecule has 0 N–H and O–H groups in total. The lowest BCUT2D eigenvalue weighted by molar-refractivity contribution is -0.137. The molecule has 3 heterocycles. The summed E-state index contributed by atoms with van der Waals surface area (Å²) in [6.07, 6.45) is -2.73. The fourth-order valence-electron chi connectivity index (χ4n) is 5.22. The molecule has 1 aliphatic heterocycles. The van der Waals surface area contributed by atoms with Crippen molar-refractivity contribution in [2.75, 3.05) is 31.1 Å². The summed E-state index contributed by atoms with van der Waals surface area (Å²) in [5.74, 6) is -0.643. The van der Waals surface area contributed by atoms with Crippen LogP contribution in [0.4, 0.5) is 18.9 Å². The van der Waals surface area contributed by atoms with Crippen molar-refractivity contribution in [3.63, 3.8) is 0 Å². The molecule has 37 heavy (non-hydrogen) atoms. The number of aryl methyl sites for hydroxylation is 2. The zero-order valence-electron chi connectivity index (χ0n) is 20.9. The SMILES string of the molecule is Cc1ccccc1N1CCN(C(=O)CC(c2cccc(C(F)(F)F)c2)c2cnc3cccc(C)n23)CC1. The van der Waals surface area contributed by atoms with Crippen LogP contribution < -0.4 is 4.90 Å². The van der Waals surface area contributed by atoms with Crippen LogP contribution in [0.1, 0.15) is 40.4 Å². The predicted octanol–water partition coefficient (Wildman–Crippen LogP) is 5.84. The summed E-state index contributed by atoms with van der Waals surface area (Å²) in [6.45, 7) is 6.54. The number of imidazole rings is 1. The third kappa shape index (κ3) is 5.05. The molecule has 1 amide bonds. The summed E-state index contributed by atoms with van der Waals surface area (Å²) in [6, 6.07) is 19.1. The van der Waals surface area contributed by atoms with E-state index < -0.39 is 17.7 Å². The Morgan fingerprint density at radius 2 is 1.68 bits per heavy atom. The molecule has 1 fully saturated rings. The molecule has 0 spiro atoms. The van der Waals surface area contributed by atoms with Crippen molar-refractivity contribution in [3.8, 4) is 0 Å². The Morgan fingerprint density at radius 3 is 2.41 bits per heavy atom. The summed E-state index contributed by atoms with van der Waals surface area (Å²) < 4.78 is 42.6. The lowest BCUT2D eigenvalue weighted by atomic mass is 9.90. The average Bonchev–Trinajstić information content (AvgIpc) is 3.32. The summed E-state index contributed by atoms with van der Waals surface area (Å²) in [4.78, 5) is 22.1. The molecule has 5 rings (SSSR count). The van der Waals surface area contributed by atoms with Gasteiger partial charge in [-0.15, -0.1) is 0 Å². The molecule has 5 nitrogen and oxygen atoms in total. The van der Waals surface area contributed by atoms with Crippen LogP contribution in [0.5, 0.6) is 0 Å². The number of carbonyl (C=O) groups is 1. The van der Waals surface area contributed by atoms with Crippen molar-refractivity contribution in [1.82, 2.24) is 14.3 Å². The Bertz CT molecular complexity index is 1420. The van der Waals surface area contributed by atoms with Crippen LogP contribution in [-0.2, 0) is 11.0 Å². The van der Waals surface area contributed by atoms with Crippen LogP contribution in [-0.4, -0.2) is 46.4 Å². The van der Waals surface area contributed by atoms with Crippen molar-refractivity contribution in [2.24, 2.45) is 0 Å². The van der Waals surface area contributed by atoms with E-state index in [4.69, 9.17) is 0 Å². The summed E-state index contributed by atoms with van der Waals surface area (Å²) in [5.41, 5.74) is 4.39. The number of rotatable bonds is 5. The van der Waals surface area contributed by atoms with E-state index in [0.717, 1.165) is 23.5 Å². The van der Waals surface area contributed by atoms with E-state index in [1.807, 2.05) is 46.6 Å². The van der Waals surface area contributed by atoms with Crippen LogP contribution in [0.3, 0.4) is 0 Å². The zero-order valence-corrected chi connectivity index (χ0v) is 20.9. The second-order valence-corrected chi connectivity index (χ2v) is 9.58. The van der Waals surface area contributed by atoms with Gasteiger partial charge in [0.25, 0.3) is 0 Å². The standard InChI is InChI=1S/C29H29F3N4O/c1-20-7-3-4-11-25(20)34-13-15-35(16-14-34)28(37)18-24(22-9-6-10-23(17-22)29(30,31)32)26-19-33-27-12-5-8-21(2)36(26)27/h3-12,17,19,24H,13-16,18H2,1-2H3. The lowest BCUT2D eigenvalue weighted by Crippen LogP contribution is -2.49. The minimum absolute atomic E-state index is 0.0633. The number of carbonyl (C=O) groups excluding carboxylic acids is 1. The molecule has 1 aliphatic rings. The van der Waals surface area contributed by atoms with E-state index in [9.17, 15) is 18.0 Å². The summed E-state index contributed by atoms with van der Waals surface area (Å²) in [5, 5.41) is 0. The normalized spacial score (nSPS) is 15.3. The van der Waals surface area contributed by atoms with Crippen molar-refractivity contribution >= 4 is 17.2 Å². The van der Waals surface area contributed by atoms with Gasteiger partial charge in [0.15, 0.2) is 0 Å². The molecule has 192 valence electrons. The Labute approximate surface area is 214 Å². The number of para-hydroxylation sites is 1. The third-order valence-electron chi connectivity index (χ3n) is 7.19. The maximum Gasteiger partial charge on any atom is 0.416 e. The van der Waals surface area contributed by atoms with E-state index in [-0.39, 0.29) is 12.3 Å². The summed E-state index contributed by atoms with van der Waals surface area (Å²) in [7, 11) is 0. The van der Waals surface area contributed by atoms with E-state index >= 15 is 0 Å². The Morgan fingerprint density at radius 1 is 0.946 bits per heavy atom. The molecule has 1 atom stereocenters. The number of nitrogens with zero attached hydrogens (tertiary/aromatic N) is 4. The molecular formula is C29H29F3N4O. The molecule has 4 aromatic rings. The fraction of sp³-hybridized carbons (Fsp3) is 0.310. The maximum atomic E-state index is 13.6. The number of aromatic nitrogens is 2. The number of alkyl halides is 3. The molecule has 1 unspecified atom stereocenters. The molecule has 2 aromatic heterocycles. The molecule has 0 aliphatic carbocycles. The first-order valence-corrected chi connectivity index (χ1v) is 12.4. The van der Waals surface area contributed by atoms with Gasteiger partial charge in [-0.25, -0.2) is 4.98 Å². The highest BCUT2D eigenvalue weighted by atomic mass is 19.4. The van der Waals surface area contributed by atoms with E-state index in [2.05, 4.69) is 28.9 Å². The van der Waals surface area contributed by atoms with Crippen LogP contribution >= 0.6 is 0 Å². The second-order valence-electron chi connectivity index (χ2n) is 9.58. The number of piperazine rings is 1. The molecule has 0 radical (unpaired) electrons. The third-order valence-corrected chi connectivity index (χ3v) is 7.19. The number of pyridine rings is 1. The monoisotopic (exact) mass is 506 g/mol. The minimum atomic E-state index is -4.47. The second kappa shape index (κ2) is 9.92. The fourth-order valence-corrected chi connectivity index (χ4v) is 5.22. The number of anilines is 1. The van der Waals surface area contributed by atoms with Crippen molar-refractivity contribution in [1.29, 1.82) is 0 Å². The minimum Gasteiger partial charge on any atom is -0.368 e. The van der Waals surface area contributed by atoms with Gasteiger partial charge in [-0.2, -0.15) is 13.2 Å². The number of hydrogen-bond acceptors (Lipinski definition) is 3. The highest BCUT2D eigenvalue weighted by molar-refractivity contribution is 5.78. The van der Waals surface area contributed by atoms with Crippen molar-refractivity contribution in [2.45, 2.75) is 32.4 Å². The number of halogens is 3. The zero-order chi connectivity index (χ0) is 26.2. The van der Waals surface area contributed by atoms with Gasteiger partial charge in [0, 0.05) is 56.1 Å². The van der Waals surface area contributed by atoms with Crippen molar-refractivity contribution < 1.29 is 18.0 Å². The van der Waals surface area contributed by atoms with Crippen LogP contribution in [0.25, 0.3) is 5.65 Å². The number of amides is 1. The highest BCUT2D eigenvalue weighted by Crippen LogP contribution is 2.35. The Balaban J connectivity index is 1.43. The van der Waals surface area contributed by atoms with Gasteiger partial charge >= 0.3 is 6.18 Å². The lowest BCUT2D eigenvalue weighted by Gasteiger charge is -2.37. The van der Waals surface area contributed by atoms with Gasteiger partial charge in [-0.3, -0.25) is 4.79 Å². The average molecular weight is 507 g/mol. The van der Waals surface area contributed by atoms with Gasteiger partial charge in [0.1, 0.15) is 5.65 Å². The van der Waals surface area contributed by atoms with E-state index in [1.165, 1.54) is 11.6 Å². The molecular weight excluding hydrogens is 477 g/mol. The molecule has 0 saturated carbocycles. The smallest absolute Gasteiger partial charge is 0.368 e. The van der Waals surface area contributed by atoms with Gasteiger partial charge in [0.2, 0.25) is 5.91 Å². The Kier molecular flexibility index (Phi) is 6.67. The van der Waals surface area contributed by atoms with Crippen molar-refractivity contribution in [3.05, 3.63) is 101 Å².